The van der Waals surface area contributed by atoms with Gasteiger partial charge < -0.3 is 40.3 Å². The predicted molar refractivity (Wildman–Crippen MR) is 160 cm³/mol. The maximum Gasteiger partial charge on any atom is 0.308 e. The largest absolute Gasteiger partial charge is 0.452 e. The molecule has 2 aliphatic heterocycles. The number of nitrogens with zero attached hydrogens (tertiary/aromatic N) is 3. The van der Waals surface area contributed by atoms with Gasteiger partial charge in [0.1, 0.15) is 24.2 Å². The summed E-state index contributed by atoms with van der Waals surface area (Å²) in [6.45, 7) is 9.93. The molecule has 8 atom stereocenters. The number of rotatable bonds is 6. The number of carbonyl (C=O) groups excluding carboxylic acids is 6. The topological polar surface area (TPSA) is 186 Å². The van der Waals surface area contributed by atoms with Crippen molar-refractivity contribution in [3.63, 3.8) is 0 Å². The smallest absolute Gasteiger partial charge is 0.308 e. The number of fused-ring (bicyclic) bond motifs is 1. The van der Waals surface area contributed by atoms with Gasteiger partial charge in [-0.2, -0.15) is 0 Å². The summed E-state index contributed by atoms with van der Waals surface area (Å²) in [5.41, 5.74) is 0. The first-order chi connectivity index (χ1) is 20.6. The van der Waals surface area contributed by atoms with Crippen LogP contribution in [0.25, 0.3) is 0 Å². The lowest BCUT2D eigenvalue weighted by molar-refractivity contribution is -0.164. The van der Waals surface area contributed by atoms with Crippen molar-refractivity contribution in [3.05, 3.63) is 0 Å². The van der Waals surface area contributed by atoms with Gasteiger partial charge in [-0.1, -0.05) is 41.0 Å². The fourth-order valence-electron chi connectivity index (χ4n) is 5.70. The summed E-state index contributed by atoms with van der Waals surface area (Å²) < 4.78 is 5.42. The average molecular weight is 626 g/mol. The SMILES string of the molecule is CC[C@@H](C)[C@H]1NC(=O)[C@H]2[C@@H](C)CCN2C(=O)[C@@H](C[C@H](O)CO)OC(=O)CCNC(=O)[C@@H](C)N(C)C(=O)[C@@H](C(C)C)N(C)C1=O. The van der Waals surface area contributed by atoms with E-state index >= 15 is 0 Å². The number of hydrogen-bond acceptors (Lipinski definition) is 9. The number of ether oxygens (including phenoxy) is 1. The number of hydrogen-bond donors (Lipinski definition) is 4. The van der Waals surface area contributed by atoms with E-state index in [2.05, 4.69) is 10.6 Å². The van der Waals surface area contributed by atoms with Crippen molar-refractivity contribution in [2.45, 2.75) is 104 Å². The van der Waals surface area contributed by atoms with Crippen LogP contribution in [0, 0.1) is 17.8 Å². The molecule has 0 unspecified atom stereocenters. The molecule has 0 bridgehead atoms. The van der Waals surface area contributed by atoms with Crippen LogP contribution < -0.4 is 10.6 Å². The molecule has 5 amide bonds. The van der Waals surface area contributed by atoms with Gasteiger partial charge in [0.15, 0.2) is 6.10 Å². The van der Waals surface area contributed by atoms with Gasteiger partial charge >= 0.3 is 5.97 Å². The van der Waals surface area contributed by atoms with Crippen molar-refractivity contribution in [2.24, 2.45) is 17.8 Å². The van der Waals surface area contributed by atoms with Gasteiger partial charge in [-0.3, -0.25) is 28.8 Å². The van der Waals surface area contributed by atoms with E-state index < -0.39 is 84.9 Å². The zero-order valence-electron chi connectivity index (χ0n) is 27.2. The van der Waals surface area contributed by atoms with Gasteiger partial charge in [0.2, 0.25) is 23.6 Å². The highest BCUT2D eigenvalue weighted by molar-refractivity contribution is 5.96. The van der Waals surface area contributed by atoms with Gasteiger partial charge in [-0.05, 0) is 31.1 Å². The molecule has 0 saturated carbocycles. The Labute approximate surface area is 259 Å². The molecule has 0 aliphatic carbocycles. The second-order valence-corrected chi connectivity index (χ2v) is 12.5. The van der Waals surface area contributed by atoms with Crippen LogP contribution in [-0.4, -0.2) is 131 Å². The molecule has 0 radical (unpaired) electrons. The molecule has 2 heterocycles. The van der Waals surface area contributed by atoms with E-state index in [1.54, 1.807) is 20.8 Å². The molecule has 0 aromatic carbocycles. The zero-order valence-corrected chi connectivity index (χ0v) is 27.2. The molecular weight excluding hydrogens is 574 g/mol. The van der Waals surface area contributed by atoms with Gasteiger partial charge in [0, 0.05) is 33.6 Å². The molecule has 14 heteroatoms. The quantitative estimate of drug-likeness (QED) is 0.276. The molecule has 2 rings (SSSR count). The summed E-state index contributed by atoms with van der Waals surface area (Å²) in [4.78, 5) is 84.7. The summed E-state index contributed by atoms with van der Waals surface area (Å²) in [7, 11) is 2.96. The Morgan fingerprint density at radius 1 is 0.955 bits per heavy atom. The Balaban J connectivity index is 2.59. The van der Waals surface area contributed by atoms with Gasteiger partial charge in [-0.25, -0.2) is 0 Å². The minimum Gasteiger partial charge on any atom is -0.452 e. The van der Waals surface area contributed by atoms with Crippen molar-refractivity contribution < 1.29 is 43.7 Å². The number of carbonyl (C=O) groups is 6. The summed E-state index contributed by atoms with van der Waals surface area (Å²) in [5.74, 6) is -4.54. The number of amides is 5. The Morgan fingerprint density at radius 3 is 2.16 bits per heavy atom. The Morgan fingerprint density at radius 2 is 1.59 bits per heavy atom. The number of aliphatic hydroxyl groups excluding tert-OH is 2. The van der Waals surface area contributed by atoms with Crippen molar-refractivity contribution in [3.8, 4) is 0 Å². The summed E-state index contributed by atoms with van der Waals surface area (Å²) in [5, 5.41) is 25.0. The molecule has 14 nitrogen and oxygen atoms in total. The molecule has 0 spiro atoms. The minimum absolute atomic E-state index is 0.151. The van der Waals surface area contributed by atoms with E-state index in [0.717, 1.165) is 0 Å². The number of esters is 1. The minimum atomic E-state index is -1.49. The zero-order chi connectivity index (χ0) is 33.5. The third kappa shape index (κ3) is 8.68. The fraction of sp³-hybridized carbons (Fsp3) is 0.800. The van der Waals surface area contributed by atoms with Crippen LogP contribution in [0.1, 0.15) is 67.2 Å². The summed E-state index contributed by atoms with van der Waals surface area (Å²) in [6.07, 6.45) is -2.56. The molecular formula is C30H51N5O9. The molecule has 2 aliphatic rings. The lowest BCUT2D eigenvalue weighted by Crippen LogP contribution is -2.61. The second kappa shape index (κ2) is 16.2. The lowest BCUT2D eigenvalue weighted by atomic mass is 9.94. The molecule has 2 saturated heterocycles. The van der Waals surface area contributed by atoms with Crippen LogP contribution in [0.15, 0.2) is 0 Å². The van der Waals surface area contributed by atoms with E-state index in [4.69, 9.17) is 4.74 Å². The van der Waals surface area contributed by atoms with E-state index in [9.17, 15) is 39.0 Å². The molecule has 0 aromatic rings. The first kappa shape index (κ1) is 36.9. The average Bonchev–Trinajstić information content (AvgIpc) is 3.37. The second-order valence-electron chi connectivity index (χ2n) is 12.5. The van der Waals surface area contributed by atoms with Crippen molar-refractivity contribution in [1.29, 1.82) is 0 Å². The monoisotopic (exact) mass is 625 g/mol. The highest BCUT2D eigenvalue weighted by Crippen LogP contribution is 2.27. The number of likely N-dealkylation sites (N-methyl/N-ethyl adjacent to an activating group) is 2. The van der Waals surface area contributed by atoms with Crippen molar-refractivity contribution >= 4 is 35.5 Å². The maximum absolute atomic E-state index is 14.0. The molecule has 0 aromatic heterocycles. The first-order valence-corrected chi connectivity index (χ1v) is 15.5. The van der Waals surface area contributed by atoms with Crippen LogP contribution in [0.4, 0.5) is 0 Å². The van der Waals surface area contributed by atoms with E-state index in [-0.39, 0.29) is 37.3 Å². The third-order valence-electron chi connectivity index (χ3n) is 8.86. The Kier molecular flexibility index (Phi) is 13.6. The van der Waals surface area contributed by atoms with E-state index in [1.807, 2.05) is 13.8 Å². The summed E-state index contributed by atoms with van der Waals surface area (Å²) in [6, 6.07) is -3.90. The van der Waals surface area contributed by atoms with Crippen LogP contribution in [0.3, 0.4) is 0 Å². The van der Waals surface area contributed by atoms with Gasteiger partial charge in [0.25, 0.3) is 5.91 Å². The Bertz CT molecular complexity index is 1070. The molecule has 250 valence electrons. The Hall–Kier alpha value is -3.26. The highest BCUT2D eigenvalue weighted by atomic mass is 16.5. The third-order valence-corrected chi connectivity index (χ3v) is 8.86. The molecule has 2 fully saturated rings. The van der Waals surface area contributed by atoms with Crippen LogP contribution in [0.2, 0.25) is 0 Å². The van der Waals surface area contributed by atoms with Crippen molar-refractivity contribution in [1.82, 2.24) is 25.3 Å². The van der Waals surface area contributed by atoms with Crippen LogP contribution in [0.5, 0.6) is 0 Å². The van der Waals surface area contributed by atoms with Gasteiger partial charge in [0.05, 0.1) is 19.1 Å². The molecule has 44 heavy (non-hydrogen) atoms. The first-order valence-electron chi connectivity index (χ1n) is 15.5. The lowest BCUT2D eigenvalue weighted by Gasteiger charge is -2.38. The van der Waals surface area contributed by atoms with E-state index in [0.29, 0.717) is 12.8 Å². The molecule has 4 N–H and O–H groups in total. The van der Waals surface area contributed by atoms with Crippen LogP contribution in [-0.2, 0) is 33.5 Å². The highest BCUT2D eigenvalue weighted by Gasteiger charge is 2.45. The maximum atomic E-state index is 14.0. The number of aliphatic hydroxyl groups is 2. The van der Waals surface area contributed by atoms with Crippen LogP contribution >= 0.6 is 0 Å². The summed E-state index contributed by atoms with van der Waals surface area (Å²) >= 11 is 0. The standard InChI is InChI=1S/C30H51N5O9/c1-9-17(4)23-29(42)34(8)24(16(2)3)30(43)33(7)19(6)26(39)31-12-10-22(38)44-21(14-20(37)15-36)28(41)35-13-11-18(5)25(35)27(40)32-23/h16-21,23-25,36-37H,9-15H2,1-8H3,(H,31,39)(H,32,40)/t17-,18+,19-,20+,21-,23-,24-,25-/m1/s1. The normalized spacial score (nSPS) is 30.2. The predicted octanol–water partition coefficient (Wildman–Crippen LogP) is -0.741. The van der Waals surface area contributed by atoms with Crippen molar-refractivity contribution in [2.75, 3.05) is 33.8 Å². The number of cyclic esters (lactones) is 1. The van der Waals surface area contributed by atoms with Gasteiger partial charge in [-0.15, -0.1) is 0 Å². The number of nitrogens with one attached hydrogen (secondary N) is 2. The fourth-order valence-corrected chi connectivity index (χ4v) is 5.70. The van der Waals surface area contributed by atoms with E-state index in [1.165, 1.54) is 35.7 Å².